The Morgan fingerprint density at radius 1 is 1.35 bits per heavy atom. The molecule has 108 valence electrons. The molecule has 0 bridgehead atoms. The van der Waals surface area contributed by atoms with Gasteiger partial charge in [0, 0.05) is 24.3 Å². The number of nitrogen functional groups attached to an aromatic ring is 1. The standard InChI is InChI=1S/C15H20BrN3O/c16-14-12(4-1-5-13(14)17)15(20)18-10-6-8-19-7-2-3-11(19)9-10/h1,4-5,10-11H,2-3,6-9,17H2,(H,18,20). The number of hydrogen-bond donors (Lipinski definition) is 2. The van der Waals surface area contributed by atoms with Crippen LogP contribution in [0, 0.1) is 0 Å². The Hall–Kier alpha value is -1.07. The Morgan fingerprint density at radius 2 is 2.20 bits per heavy atom. The van der Waals surface area contributed by atoms with Crippen LogP contribution in [0.2, 0.25) is 0 Å². The van der Waals surface area contributed by atoms with Gasteiger partial charge in [0.05, 0.1) is 10.0 Å². The summed E-state index contributed by atoms with van der Waals surface area (Å²) in [5.41, 5.74) is 7.05. The molecule has 2 fully saturated rings. The highest BCUT2D eigenvalue weighted by atomic mass is 79.9. The van der Waals surface area contributed by atoms with Crippen molar-refractivity contribution in [3.63, 3.8) is 0 Å². The van der Waals surface area contributed by atoms with Gasteiger partial charge in [0.15, 0.2) is 0 Å². The number of carbonyl (C=O) groups is 1. The van der Waals surface area contributed by atoms with Crippen LogP contribution in [0.3, 0.4) is 0 Å². The average Bonchev–Trinajstić information content (AvgIpc) is 2.89. The summed E-state index contributed by atoms with van der Waals surface area (Å²) in [6.45, 7) is 2.33. The van der Waals surface area contributed by atoms with Crippen molar-refractivity contribution in [1.29, 1.82) is 0 Å². The molecule has 5 heteroatoms. The molecule has 0 radical (unpaired) electrons. The largest absolute Gasteiger partial charge is 0.398 e. The van der Waals surface area contributed by atoms with Gasteiger partial charge in [0.25, 0.3) is 5.91 Å². The van der Waals surface area contributed by atoms with Crippen LogP contribution < -0.4 is 11.1 Å². The normalized spacial score (nSPS) is 26.2. The predicted molar refractivity (Wildman–Crippen MR) is 83.6 cm³/mol. The number of carbonyl (C=O) groups excluding carboxylic acids is 1. The number of halogens is 1. The van der Waals surface area contributed by atoms with Gasteiger partial charge < -0.3 is 16.0 Å². The summed E-state index contributed by atoms with van der Waals surface area (Å²) in [4.78, 5) is 14.9. The van der Waals surface area contributed by atoms with Crippen LogP contribution in [-0.4, -0.2) is 36.0 Å². The minimum Gasteiger partial charge on any atom is -0.398 e. The van der Waals surface area contributed by atoms with E-state index < -0.39 is 0 Å². The molecule has 2 saturated heterocycles. The number of benzene rings is 1. The van der Waals surface area contributed by atoms with E-state index in [0.29, 0.717) is 21.8 Å². The van der Waals surface area contributed by atoms with E-state index in [9.17, 15) is 4.79 Å². The topological polar surface area (TPSA) is 58.4 Å². The number of amides is 1. The summed E-state index contributed by atoms with van der Waals surface area (Å²) in [6.07, 6.45) is 4.69. The van der Waals surface area contributed by atoms with E-state index in [1.165, 1.54) is 19.4 Å². The van der Waals surface area contributed by atoms with Gasteiger partial charge in [-0.1, -0.05) is 6.07 Å². The van der Waals surface area contributed by atoms with Gasteiger partial charge in [-0.25, -0.2) is 0 Å². The number of nitrogens with one attached hydrogen (secondary N) is 1. The molecule has 2 heterocycles. The number of anilines is 1. The molecule has 2 aliphatic rings. The SMILES string of the molecule is Nc1cccc(C(=O)NC2CCN3CCCC3C2)c1Br. The molecule has 1 aromatic rings. The molecular formula is C15H20BrN3O. The Balaban J connectivity index is 1.65. The molecule has 0 saturated carbocycles. The molecule has 2 atom stereocenters. The van der Waals surface area contributed by atoms with E-state index in [1.54, 1.807) is 12.1 Å². The fourth-order valence-electron chi connectivity index (χ4n) is 3.34. The molecule has 3 rings (SSSR count). The number of nitrogens with two attached hydrogens (primary N) is 1. The first-order valence-corrected chi connectivity index (χ1v) is 8.03. The summed E-state index contributed by atoms with van der Waals surface area (Å²) in [5, 5.41) is 3.16. The van der Waals surface area contributed by atoms with Crippen LogP contribution in [0.5, 0.6) is 0 Å². The summed E-state index contributed by atoms with van der Waals surface area (Å²) < 4.78 is 0.691. The number of rotatable bonds is 2. The number of fused-ring (bicyclic) bond motifs is 1. The fraction of sp³-hybridized carbons (Fsp3) is 0.533. The van der Waals surface area contributed by atoms with Gasteiger partial charge >= 0.3 is 0 Å². The Morgan fingerprint density at radius 3 is 3.05 bits per heavy atom. The van der Waals surface area contributed by atoms with Crippen molar-refractivity contribution < 1.29 is 4.79 Å². The smallest absolute Gasteiger partial charge is 0.252 e. The maximum absolute atomic E-state index is 12.4. The van der Waals surface area contributed by atoms with E-state index in [-0.39, 0.29) is 11.9 Å². The second-order valence-corrected chi connectivity index (χ2v) is 6.53. The van der Waals surface area contributed by atoms with Crippen LogP contribution in [0.4, 0.5) is 5.69 Å². The van der Waals surface area contributed by atoms with Gasteiger partial charge in [-0.05, 0) is 60.3 Å². The molecule has 1 aromatic carbocycles. The predicted octanol–water partition coefficient (Wildman–Crippen LogP) is 2.39. The maximum Gasteiger partial charge on any atom is 0.252 e. The Labute approximate surface area is 127 Å². The molecule has 0 aliphatic carbocycles. The van der Waals surface area contributed by atoms with E-state index in [0.717, 1.165) is 19.4 Å². The van der Waals surface area contributed by atoms with Crippen molar-refractivity contribution >= 4 is 27.5 Å². The van der Waals surface area contributed by atoms with E-state index in [4.69, 9.17) is 5.73 Å². The minimum absolute atomic E-state index is 0.0272. The van der Waals surface area contributed by atoms with Crippen molar-refractivity contribution in [3.8, 4) is 0 Å². The summed E-state index contributed by atoms with van der Waals surface area (Å²) in [6, 6.07) is 6.36. The van der Waals surface area contributed by atoms with Crippen molar-refractivity contribution in [3.05, 3.63) is 28.2 Å². The van der Waals surface area contributed by atoms with Crippen LogP contribution >= 0.6 is 15.9 Å². The second-order valence-electron chi connectivity index (χ2n) is 5.74. The summed E-state index contributed by atoms with van der Waals surface area (Å²) >= 11 is 3.40. The first-order valence-electron chi connectivity index (χ1n) is 7.24. The molecule has 2 aliphatic heterocycles. The third kappa shape index (κ3) is 2.69. The zero-order chi connectivity index (χ0) is 14.1. The average molecular weight is 338 g/mol. The first-order chi connectivity index (χ1) is 9.65. The monoisotopic (exact) mass is 337 g/mol. The fourth-order valence-corrected chi connectivity index (χ4v) is 3.79. The highest BCUT2D eigenvalue weighted by molar-refractivity contribution is 9.10. The van der Waals surface area contributed by atoms with Crippen molar-refractivity contribution in [2.45, 2.75) is 37.8 Å². The Kier molecular flexibility index (Phi) is 3.98. The lowest BCUT2D eigenvalue weighted by Gasteiger charge is -2.35. The number of hydrogen-bond acceptors (Lipinski definition) is 3. The van der Waals surface area contributed by atoms with Gasteiger partial charge in [0.2, 0.25) is 0 Å². The third-order valence-corrected chi connectivity index (χ3v) is 5.31. The van der Waals surface area contributed by atoms with Gasteiger partial charge in [-0.3, -0.25) is 4.79 Å². The third-order valence-electron chi connectivity index (χ3n) is 4.43. The lowest BCUT2D eigenvalue weighted by molar-refractivity contribution is 0.0895. The van der Waals surface area contributed by atoms with Gasteiger partial charge in [-0.2, -0.15) is 0 Å². The summed E-state index contributed by atoms with van der Waals surface area (Å²) in [5.74, 6) is -0.0272. The molecule has 2 unspecified atom stereocenters. The van der Waals surface area contributed by atoms with E-state index >= 15 is 0 Å². The van der Waals surface area contributed by atoms with Crippen LogP contribution in [0.15, 0.2) is 22.7 Å². The van der Waals surface area contributed by atoms with Crippen LogP contribution in [0.1, 0.15) is 36.0 Å². The number of piperidine rings is 1. The molecule has 1 amide bonds. The molecule has 3 N–H and O–H groups in total. The molecule has 20 heavy (non-hydrogen) atoms. The Bertz CT molecular complexity index is 520. The number of nitrogens with zero attached hydrogens (tertiary/aromatic N) is 1. The van der Waals surface area contributed by atoms with E-state index in [1.807, 2.05) is 6.07 Å². The van der Waals surface area contributed by atoms with Crippen LogP contribution in [0.25, 0.3) is 0 Å². The van der Waals surface area contributed by atoms with Crippen molar-refractivity contribution in [2.75, 3.05) is 18.8 Å². The quantitative estimate of drug-likeness (QED) is 0.814. The molecular weight excluding hydrogens is 318 g/mol. The van der Waals surface area contributed by atoms with Crippen molar-refractivity contribution in [2.24, 2.45) is 0 Å². The minimum atomic E-state index is -0.0272. The highest BCUT2D eigenvalue weighted by Crippen LogP contribution is 2.28. The molecule has 4 nitrogen and oxygen atoms in total. The highest BCUT2D eigenvalue weighted by Gasteiger charge is 2.32. The zero-order valence-corrected chi connectivity index (χ0v) is 13.0. The van der Waals surface area contributed by atoms with E-state index in [2.05, 4.69) is 26.1 Å². The van der Waals surface area contributed by atoms with Gasteiger partial charge in [-0.15, -0.1) is 0 Å². The zero-order valence-electron chi connectivity index (χ0n) is 11.4. The maximum atomic E-state index is 12.4. The second kappa shape index (κ2) is 5.74. The van der Waals surface area contributed by atoms with Gasteiger partial charge in [0.1, 0.15) is 0 Å². The summed E-state index contributed by atoms with van der Waals surface area (Å²) in [7, 11) is 0. The molecule has 0 spiro atoms. The first kappa shape index (κ1) is 13.9. The lowest BCUT2D eigenvalue weighted by atomic mass is 9.97. The lowest BCUT2D eigenvalue weighted by Crippen LogP contribution is -2.47. The van der Waals surface area contributed by atoms with Crippen molar-refractivity contribution in [1.82, 2.24) is 10.2 Å². The molecule has 0 aromatic heterocycles. The van der Waals surface area contributed by atoms with Crippen LogP contribution in [-0.2, 0) is 0 Å².